The highest BCUT2D eigenvalue weighted by Gasteiger charge is 2.39. The highest BCUT2D eigenvalue weighted by molar-refractivity contribution is 7.89. The Morgan fingerprint density at radius 2 is 2.08 bits per heavy atom. The number of nitrogens with zero attached hydrogens (tertiary/aromatic N) is 3. The van der Waals surface area contributed by atoms with Crippen LogP contribution in [0.1, 0.15) is 5.56 Å². The molecule has 0 aliphatic carbocycles. The Labute approximate surface area is 149 Å². The smallest absolute Gasteiger partial charge is 0.270 e. The number of rotatable bonds is 5. The van der Waals surface area contributed by atoms with Crippen molar-refractivity contribution in [2.45, 2.75) is 17.9 Å². The number of aromatic nitrogens is 1. The van der Waals surface area contributed by atoms with Crippen molar-refractivity contribution in [2.24, 2.45) is 0 Å². The summed E-state index contributed by atoms with van der Waals surface area (Å²) in [5.74, 6) is 0.248. The van der Waals surface area contributed by atoms with Crippen LogP contribution in [0, 0.1) is 17.0 Å². The fourth-order valence-electron chi connectivity index (χ4n) is 2.41. The maximum absolute atomic E-state index is 12.7. The molecule has 0 amide bonds. The van der Waals surface area contributed by atoms with Crippen molar-refractivity contribution in [3.8, 4) is 5.88 Å². The summed E-state index contributed by atoms with van der Waals surface area (Å²) in [4.78, 5) is 14.2. The van der Waals surface area contributed by atoms with Gasteiger partial charge in [0.15, 0.2) is 0 Å². The second-order valence-electron chi connectivity index (χ2n) is 5.56. The van der Waals surface area contributed by atoms with E-state index in [1.54, 1.807) is 19.1 Å². The molecule has 1 fully saturated rings. The highest BCUT2D eigenvalue weighted by Crippen LogP contribution is 2.30. The Hall–Kier alpha value is -2.23. The van der Waals surface area contributed by atoms with E-state index in [1.165, 1.54) is 22.6 Å². The van der Waals surface area contributed by atoms with Crippen LogP contribution in [-0.2, 0) is 10.0 Å². The Bertz CT molecular complexity index is 929. The first kappa shape index (κ1) is 17.6. The minimum Gasteiger partial charge on any atom is -0.470 e. The van der Waals surface area contributed by atoms with Gasteiger partial charge in [-0.1, -0.05) is 17.7 Å². The van der Waals surface area contributed by atoms with Crippen molar-refractivity contribution in [3.05, 3.63) is 57.2 Å². The van der Waals surface area contributed by atoms with Gasteiger partial charge in [-0.25, -0.2) is 13.4 Å². The van der Waals surface area contributed by atoms with Crippen molar-refractivity contribution in [2.75, 3.05) is 13.1 Å². The lowest BCUT2D eigenvalue weighted by Crippen LogP contribution is -2.56. The van der Waals surface area contributed by atoms with Gasteiger partial charge in [0, 0.05) is 18.3 Å². The van der Waals surface area contributed by atoms with Crippen LogP contribution in [-0.4, -0.2) is 41.8 Å². The minimum absolute atomic E-state index is 0.0731. The standard InChI is InChI=1S/C15H14ClN3O5S/c1-10-4-5-11(19(20)21)7-14(10)25(22,23)18-8-12(9-18)24-15-13(16)3-2-6-17-15/h2-7,12H,8-9H2,1H3. The minimum atomic E-state index is -3.83. The van der Waals surface area contributed by atoms with Crippen LogP contribution < -0.4 is 4.74 Å². The SMILES string of the molecule is Cc1ccc([N+](=O)[O-])cc1S(=O)(=O)N1CC(Oc2ncccc2Cl)C1. The number of nitro groups is 1. The molecule has 10 heteroatoms. The predicted octanol–water partition coefficient (Wildman–Crippen LogP) is 2.40. The molecule has 0 saturated carbocycles. The summed E-state index contributed by atoms with van der Waals surface area (Å²) in [7, 11) is -3.83. The van der Waals surface area contributed by atoms with Gasteiger partial charge in [0.1, 0.15) is 11.1 Å². The summed E-state index contributed by atoms with van der Waals surface area (Å²) in [5, 5.41) is 11.2. The molecule has 0 unspecified atom stereocenters. The van der Waals surface area contributed by atoms with Crippen LogP contribution >= 0.6 is 11.6 Å². The zero-order chi connectivity index (χ0) is 18.2. The van der Waals surface area contributed by atoms with Gasteiger partial charge in [0.05, 0.1) is 22.9 Å². The third-order valence-corrected chi connectivity index (χ3v) is 6.08. The average Bonchev–Trinajstić information content (AvgIpc) is 2.51. The Morgan fingerprint density at radius 1 is 1.36 bits per heavy atom. The zero-order valence-electron chi connectivity index (χ0n) is 13.1. The van der Waals surface area contributed by atoms with Crippen LogP contribution in [0.5, 0.6) is 5.88 Å². The molecule has 132 valence electrons. The molecule has 0 radical (unpaired) electrons. The number of non-ortho nitro benzene ring substituents is 1. The fourth-order valence-corrected chi connectivity index (χ4v) is 4.32. The molecule has 0 spiro atoms. The van der Waals surface area contributed by atoms with Gasteiger partial charge >= 0.3 is 0 Å². The lowest BCUT2D eigenvalue weighted by molar-refractivity contribution is -0.385. The molecule has 3 rings (SSSR count). The Kier molecular flexibility index (Phi) is 4.63. The van der Waals surface area contributed by atoms with Crippen LogP contribution in [0.2, 0.25) is 5.02 Å². The Morgan fingerprint density at radius 3 is 2.72 bits per heavy atom. The molecule has 1 aliphatic rings. The largest absolute Gasteiger partial charge is 0.470 e. The number of aryl methyl sites for hydroxylation is 1. The van der Waals surface area contributed by atoms with E-state index in [9.17, 15) is 18.5 Å². The van der Waals surface area contributed by atoms with E-state index in [2.05, 4.69) is 4.98 Å². The summed E-state index contributed by atoms with van der Waals surface area (Å²) in [6.07, 6.45) is 1.15. The molecule has 8 nitrogen and oxygen atoms in total. The van der Waals surface area contributed by atoms with E-state index in [0.717, 1.165) is 6.07 Å². The molecule has 25 heavy (non-hydrogen) atoms. The molecule has 0 atom stereocenters. The number of benzene rings is 1. The molecule has 1 aliphatic heterocycles. The zero-order valence-corrected chi connectivity index (χ0v) is 14.7. The van der Waals surface area contributed by atoms with Gasteiger partial charge in [-0.05, 0) is 24.6 Å². The third-order valence-electron chi connectivity index (χ3n) is 3.82. The molecule has 0 bridgehead atoms. The van der Waals surface area contributed by atoms with E-state index < -0.39 is 14.9 Å². The molecule has 1 aromatic heterocycles. The van der Waals surface area contributed by atoms with Gasteiger partial charge in [-0.15, -0.1) is 0 Å². The van der Waals surface area contributed by atoms with Gasteiger partial charge in [0.25, 0.3) is 5.69 Å². The molecular formula is C15H14ClN3O5S. The summed E-state index contributed by atoms with van der Waals surface area (Å²) in [6.45, 7) is 1.84. The van der Waals surface area contributed by atoms with E-state index in [-0.39, 0.29) is 35.7 Å². The topological polar surface area (TPSA) is 103 Å². The normalized spacial score (nSPS) is 15.6. The quantitative estimate of drug-likeness (QED) is 0.580. The van der Waals surface area contributed by atoms with Crippen LogP contribution in [0.4, 0.5) is 5.69 Å². The summed E-state index contributed by atoms with van der Waals surface area (Å²) in [5.41, 5.74) is 0.181. The van der Waals surface area contributed by atoms with E-state index >= 15 is 0 Å². The number of ether oxygens (including phenoxy) is 1. The predicted molar refractivity (Wildman–Crippen MR) is 90.3 cm³/mol. The third kappa shape index (κ3) is 3.44. The van der Waals surface area contributed by atoms with E-state index in [4.69, 9.17) is 16.3 Å². The Balaban J connectivity index is 1.74. The van der Waals surface area contributed by atoms with E-state index in [1.807, 2.05) is 0 Å². The van der Waals surface area contributed by atoms with Gasteiger partial charge in [0.2, 0.25) is 15.9 Å². The molecule has 0 N–H and O–H groups in total. The molecule has 1 aromatic carbocycles. The maximum Gasteiger partial charge on any atom is 0.270 e. The number of hydrogen-bond donors (Lipinski definition) is 0. The highest BCUT2D eigenvalue weighted by atomic mass is 35.5. The number of nitro benzene ring substituents is 1. The van der Waals surface area contributed by atoms with Crippen LogP contribution in [0.25, 0.3) is 0 Å². The fraction of sp³-hybridized carbons (Fsp3) is 0.267. The lowest BCUT2D eigenvalue weighted by atomic mass is 10.2. The summed E-state index contributed by atoms with van der Waals surface area (Å²) in [6, 6.07) is 7.07. The molecule has 2 heterocycles. The lowest BCUT2D eigenvalue weighted by Gasteiger charge is -2.37. The van der Waals surface area contributed by atoms with Crippen molar-refractivity contribution in [1.29, 1.82) is 0 Å². The number of hydrogen-bond acceptors (Lipinski definition) is 6. The van der Waals surface area contributed by atoms with Crippen molar-refractivity contribution >= 4 is 27.3 Å². The van der Waals surface area contributed by atoms with Crippen LogP contribution in [0.15, 0.2) is 41.4 Å². The molecular weight excluding hydrogens is 370 g/mol. The molecule has 1 saturated heterocycles. The average molecular weight is 384 g/mol. The number of pyridine rings is 1. The van der Waals surface area contributed by atoms with Gasteiger partial charge < -0.3 is 4.74 Å². The van der Waals surface area contributed by atoms with Gasteiger partial charge in [-0.3, -0.25) is 10.1 Å². The molecule has 2 aromatic rings. The van der Waals surface area contributed by atoms with E-state index in [0.29, 0.717) is 10.6 Å². The summed E-state index contributed by atoms with van der Waals surface area (Å²) >= 11 is 5.96. The second kappa shape index (κ2) is 6.58. The first-order valence-electron chi connectivity index (χ1n) is 7.31. The summed E-state index contributed by atoms with van der Waals surface area (Å²) < 4.78 is 32.1. The first-order valence-corrected chi connectivity index (χ1v) is 9.13. The van der Waals surface area contributed by atoms with Crippen molar-refractivity contribution in [1.82, 2.24) is 9.29 Å². The van der Waals surface area contributed by atoms with Crippen molar-refractivity contribution in [3.63, 3.8) is 0 Å². The van der Waals surface area contributed by atoms with Crippen LogP contribution in [0.3, 0.4) is 0 Å². The number of halogens is 1. The van der Waals surface area contributed by atoms with Crippen molar-refractivity contribution < 1.29 is 18.1 Å². The van der Waals surface area contributed by atoms with Gasteiger partial charge in [-0.2, -0.15) is 4.31 Å². The first-order chi connectivity index (χ1) is 11.8. The monoisotopic (exact) mass is 383 g/mol. The second-order valence-corrected chi connectivity index (χ2v) is 7.87. The maximum atomic E-state index is 12.7. The number of sulfonamides is 1.